The summed E-state index contributed by atoms with van der Waals surface area (Å²) in [5.74, 6) is -1.03. The molecular weight excluding hydrogens is 316 g/mol. The molecule has 1 aliphatic heterocycles. The number of rotatable bonds is 8. The van der Waals surface area contributed by atoms with Crippen molar-refractivity contribution in [3.8, 4) is 0 Å². The maximum atomic E-state index is 12.8. The second-order valence-corrected chi connectivity index (χ2v) is 6.89. The van der Waals surface area contributed by atoms with E-state index in [-0.39, 0.29) is 25.0 Å². The summed E-state index contributed by atoms with van der Waals surface area (Å²) in [7, 11) is 0. The van der Waals surface area contributed by atoms with E-state index in [1.807, 2.05) is 6.92 Å². The molecule has 2 rings (SSSR count). The molecule has 7 heteroatoms. The van der Waals surface area contributed by atoms with E-state index in [0.29, 0.717) is 18.0 Å². The summed E-state index contributed by atoms with van der Waals surface area (Å²) < 4.78 is 5.60. The van der Waals surface area contributed by atoms with E-state index < -0.39 is 5.97 Å². The molecule has 1 aromatic rings. The van der Waals surface area contributed by atoms with Gasteiger partial charge in [0.1, 0.15) is 4.88 Å². The molecule has 128 valence electrons. The largest absolute Gasteiger partial charge is 0.481 e. The normalized spacial score (nSPS) is 17.4. The minimum atomic E-state index is -0.900. The first-order valence-corrected chi connectivity index (χ1v) is 8.91. The molecule has 6 nitrogen and oxygen atoms in total. The number of aryl methyl sites for hydroxylation is 2. The highest BCUT2D eigenvalue weighted by molar-refractivity contribution is 7.13. The molecule has 0 aromatic carbocycles. The number of nitrogens with zero attached hydrogens (tertiary/aromatic N) is 2. The average molecular weight is 340 g/mol. The first-order chi connectivity index (χ1) is 11.0. The van der Waals surface area contributed by atoms with E-state index in [1.54, 1.807) is 4.90 Å². The van der Waals surface area contributed by atoms with Crippen LogP contribution in [0, 0.1) is 6.92 Å². The van der Waals surface area contributed by atoms with E-state index in [1.165, 1.54) is 11.3 Å². The van der Waals surface area contributed by atoms with Crippen molar-refractivity contribution in [3.63, 3.8) is 0 Å². The number of carboxylic acid groups (broad SMARTS) is 1. The third-order valence-corrected chi connectivity index (χ3v) is 5.03. The summed E-state index contributed by atoms with van der Waals surface area (Å²) in [5, 5.41) is 9.89. The van der Waals surface area contributed by atoms with Crippen LogP contribution >= 0.6 is 11.3 Å². The smallest absolute Gasteiger partial charge is 0.305 e. The van der Waals surface area contributed by atoms with Crippen LogP contribution in [-0.2, 0) is 16.0 Å². The van der Waals surface area contributed by atoms with Crippen molar-refractivity contribution < 1.29 is 19.4 Å². The topological polar surface area (TPSA) is 79.7 Å². The Labute approximate surface area is 140 Å². The Morgan fingerprint density at radius 2 is 2.26 bits per heavy atom. The predicted molar refractivity (Wildman–Crippen MR) is 88.0 cm³/mol. The molecular formula is C16H24N2O4S. The van der Waals surface area contributed by atoms with Crippen LogP contribution in [0.25, 0.3) is 0 Å². The van der Waals surface area contributed by atoms with Crippen molar-refractivity contribution in [1.29, 1.82) is 0 Å². The first-order valence-electron chi connectivity index (χ1n) is 8.10. The molecule has 1 saturated heterocycles. The molecule has 23 heavy (non-hydrogen) atoms. The van der Waals surface area contributed by atoms with Crippen molar-refractivity contribution in [1.82, 2.24) is 9.88 Å². The number of aromatic nitrogens is 1. The molecule has 1 aliphatic rings. The second-order valence-electron chi connectivity index (χ2n) is 5.80. The molecule has 1 fully saturated rings. The van der Waals surface area contributed by atoms with Crippen LogP contribution in [0.1, 0.15) is 53.0 Å². The Bertz CT molecular complexity index is 552. The summed E-state index contributed by atoms with van der Waals surface area (Å²) in [6.07, 6.45) is 3.71. The van der Waals surface area contributed by atoms with Crippen LogP contribution < -0.4 is 0 Å². The lowest BCUT2D eigenvalue weighted by Crippen LogP contribution is -2.38. The minimum absolute atomic E-state index is 0.0103. The monoisotopic (exact) mass is 340 g/mol. The summed E-state index contributed by atoms with van der Waals surface area (Å²) in [4.78, 5) is 30.4. The van der Waals surface area contributed by atoms with Gasteiger partial charge < -0.3 is 14.7 Å². The van der Waals surface area contributed by atoms with Crippen LogP contribution in [0.15, 0.2) is 0 Å². The molecule has 2 heterocycles. The number of aliphatic carboxylic acids is 1. The third-order valence-electron chi connectivity index (χ3n) is 3.83. The van der Waals surface area contributed by atoms with Crippen molar-refractivity contribution >= 4 is 23.2 Å². The van der Waals surface area contributed by atoms with Crippen molar-refractivity contribution in [2.75, 3.05) is 19.7 Å². The van der Waals surface area contributed by atoms with E-state index in [0.717, 1.165) is 36.4 Å². The fraction of sp³-hybridized carbons (Fsp3) is 0.688. The Morgan fingerprint density at radius 3 is 2.87 bits per heavy atom. The van der Waals surface area contributed by atoms with Gasteiger partial charge in [-0.15, -0.1) is 11.3 Å². The van der Waals surface area contributed by atoms with Gasteiger partial charge in [0, 0.05) is 19.7 Å². The highest BCUT2D eigenvalue weighted by Crippen LogP contribution is 2.23. The molecule has 0 unspecified atom stereocenters. The highest BCUT2D eigenvalue weighted by atomic mass is 32.1. The number of carbonyl (C=O) groups excluding carboxylic acids is 1. The van der Waals surface area contributed by atoms with Crippen molar-refractivity contribution in [2.24, 2.45) is 0 Å². The number of thiazole rings is 1. The molecule has 1 atom stereocenters. The number of amides is 1. The average Bonchev–Trinajstić information content (AvgIpc) is 3.12. The number of carboxylic acids is 1. The summed E-state index contributed by atoms with van der Waals surface area (Å²) >= 11 is 1.42. The number of ether oxygens (including phenoxy) is 1. The zero-order chi connectivity index (χ0) is 16.8. The van der Waals surface area contributed by atoms with Crippen molar-refractivity contribution in [3.05, 3.63) is 15.6 Å². The lowest BCUT2D eigenvalue weighted by Gasteiger charge is -2.24. The Balaban J connectivity index is 2.11. The SMILES string of the molecule is CCCc1nc(C)c(C(=O)N(CCC(=O)O)C[C@H]2CCCO2)s1. The number of hydrogen-bond donors (Lipinski definition) is 1. The van der Waals surface area contributed by atoms with Crippen LogP contribution in [0.4, 0.5) is 0 Å². The summed E-state index contributed by atoms with van der Waals surface area (Å²) in [5.41, 5.74) is 0.733. The van der Waals surface area contributed by atoms with Crippen LogP contribution in [0.3, 0.4) is 0 Å². The lowest BCUT2D eigenvalue weighted by atomic mass is 10.2. The van der Waals surface area contributed by atoms with Crippen LogP contribution in [0.2, 0.25) is 0 Å². The molecule has 0 saturated carbocycles. The summed E-state index contributed by atoms with van der Waals surface area (Å²) in [6.45, 7) is 5.28. The third kappa shape index (κ3) is 5.00. The first kappa shape index (κ1) is 17.9. The van der Waals surface area contributed by atoms with Gasteiger partial charge in [-0.05, 0) is 32.6 Å². The van der Waals surface area contributed by atoms with E-state index in [2.05, 4.69) is 11.9 Å². The Kier molecular flexibility index (Phi) is 6.53. The fourth-order valence-corrected chi connectivity index (χ4v) is 3.79. The highest BCUT2D eigenvalue weighted by Gasteiger charge is 2.26. The zero-order valence-electron chi connectivity index (χ0n) is 13.7. The van der Waals surface area contributed by atoms with Gasteiger partial charge in [0.25, 0.3) is 5.91 Å². The Morgan fingerprint density at radius 1 is 1.48 bits per heavy atom. The molecule has 1 amide bonds. The minimum Gasteiger partial charge on any atom is -0.481 e. The molecule has 1 N–H and O–H groups in total. The molecule has 0 spiro atoms. The van der Waals surface area contributed by atoms with Crippen LogP contribution in [0.5, 0.6) is 0 Å². The predicted octanol–water partition coefficient (Wildman–Crippen LogP) is 2.50. The van der Waals surface area contributed by atoms with Gasteiger partial charge in [-0.3, -0.25) is 9.59 Å². The lowest BCUT2D eigenvalue weighted by molar-refractivity contribution is -0.137. The number of hydrogen-bond acceptors (Lipinski definition) is 5. The maximum Gasteiger partial charge on any atom is 0.305 e. The van der Waals surface area contributed by atoms with Gasteiger partial charge >= 0.3 is 5.97 Å². The standard InChI is InChI=1S/C16H24N2O4S/c1-3-5-13-17-11(2)15(23-13)16(21)18(8-7-14(19)20)10-12-6-4-9-22-12/h12H,3-10H2,1-2H3,(H,19,20)/t12-/m1/s1. The van der Waals surface area contributed by atoms with Gasteiger partial charge in [-0.25, -0.2) is 4.98 Å². The molecule has 0 radical (unpaired) electrons. The summed E-state index contributed by atoms with van der Waals surface area (Å²) in [6, 6.07) is 0. The van der Waals surface area contributed by atoms with Gasteiger partial charge in [0.2, 0.25) is 0 Å². The van der Waals surface area contributed by atoms with Gasteiger partial charge in [-0.1, -0.05) is 6.92 Å². The molecule has 0 bridgehead atoms. The fourth-order valence-electron chi connectivity index (χ4n) is 2.66. The van der Waals surface area contributed by atoms with Crippen LogP contribution in [-0.4, -0.2) is 52.7 Å². The van der Waals surface area contributed by atoms with Gasteiger partial charge in [-0.2, -0.15) is 0 Å². The quantitative estimate of drug-likeness (QED) is 0.786. The molecule has 0 aliphatic carbocycles. The van der Waals surface area contributed by atoms with E-state index in [9.17, 15) is 9.59 Å². The van der Waals surface area contributed by atoms with Crippen molar-refractivity contribution in [2.45, 2.75) is 52.1 Å². The van der Waals surface area contributed by atoms with Gasteiger partial charge in [0.15, 0.2) is 0 Å². The van der Waals surface area contributed by atoms with E-state index in [4.69, 9.17) is 9.84 Å². The maximum absolute atomic E-state index is 12.8. The number of carbonyl (C=O) groups is 2. The zero-order valence-corrected chi connectivity index (χ0v) is 14.5. The second kappa shape index (κ2) is 8.40. The van der Waals surface area contributed by atoms with E-state index >= 15 is 0 Å². The Hall–Kier alpha value is -1.47. The van der Waals surface area contributed by atoms with Gasteiger partial charge in [0.05, 0.1) is 23.2 Å². The molecule has 1 aromatic heterocycles.